The zero-order valence-electron chi connectivity index (χ0n) is 22.5. The summed E-state index contributed by atoms with van der Waals surface area (Å²) in [6, 6.07) is 15.6. The minimum absolute atomic E-state index is 0.131. The molecule has 0 bridgehead atoms. The van der Waals surface area contributed by atoms with E-state index in [2.05, 4.69) is 5.32 Å². The highest BCUT2D eigenvalue weighted by Gasteiger charge is 2.33. The van der Waals surface area contributed by atoms with Crippen LogP contribution in [-0.4, -0.2) is 59.0 Å². The summed E-state index contributed by atoms with van der Waals surface area (Å²) in [4.78, 5) is 27.3. The smallest absolute Gasteiger partial charge is 0.264 e. The van der Waals surface area contributed by atoms with Crippen LogP contribution in [0.15, 0.2) is 71.6 Å². The SMILES string of the molecule is CNC(=O)[C@H](C)N(Cc1ccccc1F)C(=O)CN(c1ccc(C)cc1)S(=O)(=O)c1ccc(OC)c(OC)c1. The predicted molar refractivity (Wildman–Crippen MR) is 146 cm³/mol. The van der Waals surface area contributed by atoms with Crippen LogP contribution in [0.1, 0.15) is 18.1 Å². The molecule has 0 fully saturated rings. The number of nitrogens with zero attached hydrogens (tertiary/aromatic N) is 2. The number of rotatable bonds is 11. The first kappa shape index (κ1) is 29.4. The molecular formula is C28H32FN3O6S. The maximum Gasteiger partial charge on any atom is 0.264 e. The van der Waals surface area contributed by atoms with Gasteiger partial charge in [-0.05, 0) is 44.2 Å². The number of halogens is 1. The van der Waals surface area contributed by atoms with Crippen LogP contribution in [0, 0.1) is 12.7 Å². The molecule has 39 heavy (non-hydrogen) atoms. The average Bonchev–Trinajstić information content (AvgIpc) is 2.94. The van der Waals surface area contributed by atoms with Gasteiger partial charge in [0.2, 0.25) is 11.8 Å². The Kier molecular flexibility index (Phi) is 9.52. The normalized spacial score (nSPS) is 11.8. The number of methoxy groups -OCH3 is 2. The monoisotopic (exact) mass is 557 g/mol. The second-order valence-corrected chi connectivity index (χ2v) is 10.6. The average molecular weight is 558 g/mol. The van der Waals surface area contributed by atoms with E-state index >= 15 is 0 Å². The van der Waals surface area contributed by atoms with Crippen LogP contribution < -0.4 is 19.1 Å². The Morgan fingerprint density at radius 3 is 2.21 bits per heavy atom. The standard InChI is InChI=1S/C28H32FN3O6S/c1-19-10-12-22(13-11-19)32(39(35,36)23-14-15-25(37-4)26(16-23)38-5)18-27(33)31(20(2)28(34)30-3)17-21-8-6-7-9-24(21)29/h6-16,20H,17-18H2,1-5H3,(H,30,34)/t20-/m0/s1. The van der Waals surface area contributed by atoms with Gasteiger partial charge in [-0.2, -0.15) is 0 Å². The van der Waals surface area contributed by atoms with Crippen molar-refractivity contribution in [2.45, 2.75) is 31.3 Å². The number of likely N-dealkylation sites (N-methyl/N-ethyl adjacent to an activating group) is 1. The number of nitrogens with one attached hydrogen (secondary N) is 1. The van der Waals surface area contributed by atoms with E-state index in [1.807, 2.05) is 6.92 Å². The zero-order valence-corrected chi connectivity index (χ0v) is 23.3. The van der Waals surface area contributed by atoms with Crippen molar-refractivity contribution in [2.24, 2.45) is 0 Å². The predicted octanol–water partition coefficient (Wildman–Crippen LogP) is 3.51. The molecule has 9 nitrogen and oxygen atoms in total. The van der Waals surface area contributed by atoms with Gasteiger partial charge in [-0.15, -0.1) is 0 Å². The van der Waals surface area contributed by atoms with Crippen molar-refractivity contribution in [3.8, 4) is 11.5 Å². The van der Waals surface area contributed by atoms with Crippen molar-refractivity contribution < 1.29 is 31.9 Å². The largest absolute Gasteiger partial charge is 0.493 e. The van der Waals surface area contributed by atoms with Gasteiger partial charge in [0.1, 0.15) is 18.4 Å². The molecule has 0 heterocycles. The molecule has 0 aliphatic carbocycles. The highest BCUT2D eigenvalue weighted by atomic mass is 32.2. The second kappa shape index (κ2) is 12.6. The highest BCUT2D eigenvalue weighted by molar-refractivity contribution is 7.92. The molecular weight excluding hydrogens is 525 g/mol. The lowest BCUT2D eigenvalue weighted by atomic mass is 10.1. The van der Waals surface area contributed by atoms with Gasteiger partial charge < -0.3 is 19.7 Å². The lowest BCUT2D eigenvalue weighted by molar-refractivity contribution is -0.139. The fraction of sp³-hybridized carbons (Fsp3) is 0.286. The number of aryl methyl sites for hydroxylation is 1. The van der Waals surface area contributed by atoms with E-state index < -0.39 is 40.2 Å². The van der Waals surface area contributed by atoms with E-state index in [-0.39, 0.29) is 28.4 Å². The molecule has 0 aliphatic heterocycles. The van der Waals surface area contributed by atoms with Crippen LogP contribution in [0.2, 0.25) is 0 Å². The number of carbonyl (C=O) groups excluding carboxylic acids is 2. The van der Waals surface area contributed by atoms with Crippen molar-refractivity contribution in [1.82, 2.24) is 10.2 Å². The summed E-state index contributed by atoms with van der Waals surface area (Å²) in [5, 5.41) is 2.49. The molecule has 1 atom stereocenters. The summed E-state index contributed by atoms with van der Waals surface area (Å²) in [6.07, 6.45) is 0. The second-order valence-electron chi connectivity index (χ2n) is 8.77. The molecule has 208 valence electrons. The van der Waals surface area contributed by atoms with Crippen molar-refractivity contribution in [1.29, 1.82) is 0 Å². The third-order valence-electron chi connectivity index (χ3n) is 6.26. The highest BCUT2D eigenvalue weighted by Crippen LogP contribution is 2.32. The number of amides is 2. The number of benzene rings is 3. The summed E-state index contributed by atoms with van der Waals surface area (Å²) in [5.74, 6) is -1.19. The molecule has 3 rings (SSSR count). The summed E-state index contributed by atoms with van der Waals surface area (Å²) in [6.45, 7) is 2.47. The maximum absolute atomic E-state index is 14.5. The Labute approximate surface area is 228 Å². The summed E-state index contributed by atoms with van der Waals surface area (Å²) >= 11 is 0. The quantitative estimate of drug-likeness (QED) is 0.387. The van der Waals surface area contributed by atoms with Crippen LogP contribution in [-0.2, 0) is 26.2 Å². The summed E-state index contributed by atoms with van der Waals surface area (Å²) in [7, 11) is -0.0718. The topological polar surface area (TPSA) is 105 Å². The lowest BCUT2D eigenvalue weighted by Crippen LogP contribution is -2.50. The van der Waals surface area contributed by atoms with Gasteiger partial charge in [0, 0.05) is 25.2 Å². The Balaban J connectivity index is 2.08. The van der Waals surface area contributed by atoms with E-state index in [4.69, 9.17) is 9.47 Å². The van der Waals surface area contributed by atoms with Crippen LogP contribution >= 0.6 is 0 Å². The van der Waals surface area contributed by atoms with E-state index in [0.717, 1.165) is 14.8 Å². The van der Waals surface area contributed by atoms with Crippen LogP contribution in [0.25, 0.3) is 0 Å². The van der Waals surface area contributed by atoms with Gasteiger partial charge in [0.25, 0.3) is 10.0 Å². The van der Waals surface area contributed by atoms with Gasteiger partial charge >= 0.3 is 0 Å². The number of ether oxygens (including phenoxy) is 2. The van der Waals surface area contributed by atoms with Crippen molar-refractivity contribution in [3.63, 3.8) is 0 Å². The minimum Gasteiger partial charge on any atom is -0.493 e. The molecule has 11 heteroatoms. The lowest BCUT2D eigenvalue weighted by Gasteiger charge is -2.32. The van der Waals surface area contributed by atoms with E-state index in [0.29, 0.717) is 5.75 Å². The van der Waals surface area contributed by atoms with E-state index in [1.165, 1.54) is 64.6 Å². The minimum atomic E-state index is -4.31. The van der Waals surface area contributed by atoms with Crippen molar-refractivity contribution in [3.05, 3.63) is 83.7 Å². The van der Waals surface area contributed by atoms with Crippen molar-refractivity contribution >= 4 is 27.5 Å². The number of sulfonamides is 1. The van der Waals surface area contributed by atoms with Crippen LogP contribution in [0.4, 0.5) is 10.1 Å². The molecule has 0 aliphatic rings. The van der Waals surface area contributed by atoms with Gasteiger partial charge in [0.05, 0.1) is 24.8 Å². The van der Waals surface area contributed by atoms with Gasteiger partial charge in [-0.1, -0.05) is 35.9 Å². The fourth-order valence-electron chi connectivity index (χ4n) is 3.95. The molecule has 0 spiro atoms. The third kappa shape index (κ3) is 6.66. The number of hydrogen-bond donors (Lipinski definition) is 1. The van der Waals surface area contributed by atoms with Crippen LogP contribution in [0.5, 0.6) is 11.5 Å². The van der Waals surface area contributed by atoms with Gasteiger partial charge in [-0.3, -0.25) is 13.9 Å². The first-order valence-corrected chi connectivity index (χ1v) is 13.5. The van der Waals surface area contributed by atoms with Gasteiger partial charge in [-0.25, -0.2) is 12.8 Å². The summed E-state index contributed by atoms with van der Waals surface area (Å²) < 4.78 is 53.8. The molecule has 0 unspecified atom stereocenters. The number of anilines is 1. The Morgan fingerprint density at radius 2 is 1.62 bits per heavy atom. The Hall–Kier alpha value is -4.12. The number of hydrogen-bond acceptors (Lipinski definition) is 6. The van der Waals surface area contributed by atoms with E-state index in [9.17, 15) is 22.4 Å². The maximum atomic E-state index is 14.5. The first-order chi connectivity index (χ1) is 18.5. The van der Waals surface area contributed by atoms with Crippen LogP contribution in [0.3, 0.4) is 0 Å². The number of carbonyl (C=O) groups is 2. The third-order valence-corrected chi connectivity index (χ3v) is 8.03. The zero-order chi connectivity index (χ0) is 28.7. The molecule has 0 saturated heterocycles. The summed E-state index contributed by atoms with van der Waals surface area (Å²) in [5.41, 5.74) is 1.32. The van der Waals surface area contributed by atoms with Crippen molar-refractivity contribution in [2.75, 3.05) is 32.1 Å². The molecule has 3 aromatic rings. The molecule has 3 aromatic carbocycles. The molecule has 2 amide bonds. The molecule has 0 radical (unpaired) electrons. The first-order valence-electron chi connectivity index (χ1n) is 12.1. The Bertz CT molecular complexity index is 1430. The fourth-order valence-corrected chi connectivity index (χ4v) is 5.38. The molecule has 1 N–H and O–H groups in total. The van der Waals surface area contributed by atoms with E-state index in [1.54, 1.807) is 30.3 Å². The van der Waals surface area contributed by atoms with Gasteiger partial charge in [0.15, 0.2) is 11.5 Å². The molecule has 0 aromatic heterocycles. The Morgan fingerprint density at radius 1 is 0.974 bits per heavy atom. The molecule has 0 saturated carbocycles.